The van der Waals surface area contributed by atoms with Gasteiger partial charge in [0.25, 0.3) is 5.91 Å². The Hall–Kier alpha value is -0.790. The molecule has 0 bridgehead atoms. The van der Waals surface area contributed by atoms with Crippen molar-refractivity contribution in [2.75, 3.05) is 26.7 Å². The van der Waals surface area contributed by atoms with Crippen molar-refractivity contribution in [1.82, 2.24) is 9.88 Å². The monoisotopic (exact) mass is 478 g/mol. The van der Waals surface area contributed by atoms with Gasteiger partial charge in [-0.05, 0) is 75.9 Å². The Labute approximate surface area is 181 Å². The van der Waals surface area contributed by atoms with E-state index in [0.29, 0.717) is 11.5 Å². The van der Waals surface area contributed by atoms with Crippen molar-refractivity contribution in [3.63, 3.8) is 0 Å². The van der Waals surface area contributed by atoms with Crippen LogP contribution in [-0.2, 0) is 12.8 Å². The molecule has 0 saturated heterocycles. The number of aryl methyl sites for hydroxylation is 1. The van der Waals surface area contributed by atoms with Crippen molar-refractivity contribution in [2.45, 2.75) is 32.1 Å². The fraction of sp³-hybridized carbons (Fsp3) is 0.526. The van der Waals surface area contributed by atoms with Crippen LogP contribution in [0.2, 0.25) is 0 Å². The number of carbonyl (C=O) groups excluding carboxylic acids is 1. The molecule has 5 N–H and O–H groups in total. The lowest BCUT2D eigenvalue weighted by Gasteiger charge is -2.27. The van der Waals surface area contributed by atoms with Gasteiger partial charge in [0.05, 0.1) is 11.1 Å². The molecule has 0 radical (unpaired) electrons. The van der Waals surface area contributed by atoms with Crippen molar-refractivity contribution >= 4 is 57.6 Å². The van der Waals surface area contributed by atoms with E-state index < -0.39 is 0 Å². The van der Waals surface area contributed by atoms with E-state index in [1.54, 1.807) is 6.07 Å². The highest BCUT2D eigenvalue weighted by molar-refractivity contribution is 9.10. The number of aromatic nitrogens is 1. The number of H-pyrrole nitrogens is 1. The molecule has 0 spiro atoms. The van der Waals surface area contributed by atoms with Crippen LogP contribution in [0.3, 0.4) is 0 Å². The van der Waals surface area contributed by atoms with Crippen molar-refractivity contribution in [2.24, 2.45) is 17.4 Å². The molecular weight excluding hydrogens is 451 g/mol. The number of fused-ring (bicyclic) bond motifs is 3. The van der Waals surface area contributed by atoms with Gasteiger partial charge in [0.1, 0.15) is 0 Å². The predicted molar refractivity (Wildman–Crippen MR) is 120 cm³/mol. The Morgan fingerprint density at radius 3 is 2.74 bits per heavy atom. The Morgan fingerprint density at radius 1 is 1.33 bits per heavy atom. The molecular formula is C19H29BrCl2N4O. The fourth-order valence-electron chi connectivity index (χ4n) is 3.99. The number of amides is 1. The third kappa shape index (κ3) is 5.39. The zero-order valence-corrected chi connectivity index (χ0v) is 18.8. The number of nitrogens with zero attached hydrogens (tertiary/aromatic N) is 1. The molecule has 1 amide bonds. The van der Waals surface area contributed by atoms with Crippen LogP contribution >= 0.6 is 40.7 Å². The molecule has 1 unspecified atom stereocenters. The van der Waals surface area contributed by atoms with E-state index in [9.17, 15) is 4.79 Å². The average Bonchev–Trinajstić information content (AvgIpc) is 2.94. The van der Waals surface area contributed by atoms with Gasteiger partial charge in [-0.25, -0.2) is 0 Å². The van der Waals surface area contributed by atoms with Crippen LogP contribution in [0.4, 0.5) is 0 Å². The van der Waals surface area contributed by atoms with Crippen LogP contribution in [-0.4, -0.2) is 42.5 Å². The number of carbonyl (C=O) groups is 1. The van der Waals surface area contributed by atoms with Gasteiger partial charge in [-0.1, -0.05) is 15.9 Å². The number of hydrogen-bond donors (Lipinski definition) is 3. The fourth-order valence-corrected chi connectivity index (χ4v) is 4.56. The highest BCUT2D eigenvalue weighted by Gasteiger charge is 2.25. The molecule has 1 aromatic heterocycles. The lowest BCUT2D eigenvalue weighted by molar-refractivity contribution is 0.100. The number of nitrogens with one attached hydrogen (secondary N) is 1. The maximum atomic E-state index is 11.7. The van der Waals surface area contributed by atoms with Crippen molar-refractivity contribution in [1.29, 1.82) is 0 Å². The summed E-state index contributed by atoms with van der Waals surface area (Å²) in [4.78, 5) is 17.7. The molecule has 8 heteroatoms. The molecule has 2 aromatic rings. The molecule has 0 saturated carbocycles. The van der Waals surface area contributed by atoms with Gasteiger partial charge < -0.3 is 21.4 Å². The standard InChI is InChI=1S/C19H27BrN4O.2ClH/c1-24(9-3-2-8-21)11-12-4-5-13-16(10-12)23-18-14(19(22)25)6-7-15(20)17(13)18;;/h6-7,12,23H,2-5,8-11,21H2,1H3,(H2,22,25);2*1H. The van der Waals surface area contributed by atoms with Crippen LogP contribution < -0.4 is 11.5 Å². The summed E-state index contributed by atoms with van der Waals surface area (Å²) in [5.74, 6) is 0.256. The summed E-state index contributed by atoms with van der Waals surface area (Å²) in [5.41, 5.74) is 15.2. The van der Waals surface area contributed by atoms with Crippen molar-refractivity contribution in [3.8, 4) is 0 Å². The first-order valence-corrected chi connectivity index (χ1v) is 9.81. The minimum Gasteiger partial charge on any atom is -0.366 e. The van der Waals surface area contributed by atoms with Crippen molar-refractivity contribution in [3.05, 3.63) is 33.4 Å². The number of unbranched alkanes of at least 4 members (excludes halogenated alkanes) is 1. The smallest absolute Gasteiger partial charge is 0.250 e. The second-order valence-electron chi connectivity index (χ2n) is 7.16. The second-order valence-corrected chi connectivity index (χ2v) is 8.01. The molecule has 1 aromatic carbocycles. The van der Waals surface area contributed by atoms with Crippen LogP contribution in [0, 0.1) is 5.92 Å². The summed E-state index contributed by atoms with van der Waals surface area (Å²) < 4.78 is 1.03. The number of aromatic amines is 1. The van der Waals surface area contributed by atoms with E-state index in [-0.39, 0.29) is 30.7 Å². The molecule has 27 heavy (non-hydrogen) atoms. The molecule has 5 nitrogen and oxygen atoms in total. The van der Waals surface area contributed by atoms with Gasteiger partial charge >= 0.3 is 0 Å². The third-order valence-corrected chi connectivity index (χ3v) is 5.88. The Bertz CT molecular complexity index is 781. The Balaban J connectivity index is 0.00000182. The van der Waals surface area contributed by atoms with Gasteiger partial charge in [0, 0.05) is 22.1 Å². The van der Waals surface area contributed by atoms with Gasteiger partial charge in [-0.3, -0.25) is 4.79 Å². The Morgan fingerprint density at radius 2 is 2.07 bits per heavy atom. The predicted octanol–water partition coefficient (Wildman–Crippen LogP) is 3.65. The van der Waals surface area contributed by atoms with E-state index in [1.165, 1.54) is 17.7 Å². The lowest BCUT2D eigenvalue weighted by Crippen LogP contribution is -2.30. The maximum Gasteiger partial charge on any atom is 0.250 e. The first-order valence-electron chi connectivity index (χ1n) is 9.01. The van der Waals surface area contributed by atoms with Crippen LogP contribution in [0.15, 0.2) is 16.6 Å². The first kappa shape index (κ1) is 24.2. The molecule has 3 rings (SSSR count). The molecule has 0 fully saturated rings. The minimum absolute atomic E-state index is 0. The summed E-state index contributed by atoms with van der Waals surface area (Å²) in [7, 11) is 2.19. The van der Waals surface area contributed by atoms with E-state index in [0.717, 1.165) is 60.7 Å². The summed E-state index contributed by atoms with van der Waals surface area (Å²) in [5, 5.41) is 1.13. The number of hydrogen-bond acceptors (Lipinski definition) is 3. The molecule has 152 valence electrons. The van der Waals surface area contributed by atoms with Crippen LogP contribution in [0.25, 0.3) is 10.9 Å². The molecule has 0 aliphatic heterocycles. The van der Waals surface area contributed by atoms with E-state index in [4.69, 9.17) is 11.5 Å². The third-order valence-electron chi connectivity index (χ3n) is 5.22. The number of benzene rings is 1. The summed E-state index contributed by atoms with van der Waals surface area (Å²) in [6.07, 6.45) is 5.49. The van der Waals surface area contributed by atoms with E-state index >= 15 is 0 Å². The highest BCUT2D eigenvalue weighted by Crippen LogP contribution is 2.37. The largest absolute Gasteiger partial charge is 0.366 e. The Kier molecular flexibility index (Phi) is 9.58. The van der Waals surface area contributed by atoms with Crippen LogP contribution in [0.5, 0.6) is 0 Å². The summed E-state index contributed by atoms with van der Waals surface area (Å²) in [6, 6.07) is 3.72. The van der Waals surface area contributed by atoms with Gasteiger partial charge in [-0.15, -0.1) is 24.8 Å². The number of halogens is 3. The normalized spacial score (nSPS) is 15.9. The zero-order chi connectivity index (χ0) is 18.0. The first-order chi connectivity index (χ1) is 12.0. The van der Waals surface area contributed by atoms with E-state index in [1.807, 2.05) is 6.07 Å². The molecule has 1 heterocycles. The number of nitrogens with two attached hydrogens (primary N) is 2. The summed E-state index contributed by atoms with van der Waals surface area (Å²) in [6.45, 7) is 2.97. The van der Waals surface area contributed by atoms with Crippen LogP contribution in [0.1, 0.15) is 40.9 Å². The molecule has 1 aliphatic rings. The lowest BCUT2D eigenvalue weighted by atomic mass is 9.86. The van der Waals surface area contributed by atoms with Crippen molar-refractivity contribution < 1.29 is 4.79 Å². The maximum absolute atomic E-state index is 11.7. The average molecular weight is 480 g/mol. The molecule has 1 aliphatic carbocycles. The highest BCUT2D eigenvalue weighted by atomic mass is 79.9. The van der Waals surface area contributed by atoms with Gasteiger partial charge in [-0.2, -0.15) is 0 Å². The number of primary amides is 1. The summed E-state index contributed by atoms with van der Waals surface area (Å²) >= 11 is 3.64. The SMILES string of the molecule is CN(CCCCN)CC1CCc2c([nH]c3c(C(N)=O)ccc(Br)c23)C1.Cl.Cl. The minimum atomic E-state index is -0.382. The van der Waals surface area contributed by atoms with E-state index in [2.05, 4.69) is 32.9 Å². The number of rotatable bonds is 7. The quantitative estimate of drug-likeness (QED) is 0.529. The van der Waals surface area contributed by atoms with Gasteiger partial charge in [0.15, 0.2) is 0 Å². The topological polar surface area (TPSA) is 88.1 Å². The second kappa shape index (κ2) is 10.7. The zero-order valence-electron chi connectivity index (χ0n) is 15.6. The molecule has 1 atom stereocenters. The van der Waals surface area contributed by atoms with Gasteiger partial charge in [0.2, 0.25) is 0 Å².